The Labute approximate surface area is 136 Å². The van der Waals surface area contributed by atoms with Gasteiger partial charge in [0.25, 0.3) is 11.8 Å². The molecule has 4 rings (SSSR count). The number of carbonyl (C=O) groups is 2. The quantitative estimate of drug-likeness (QED) is 0.677. The topological polar surface area (TPSA) is 80.5 Å². The zero-order valence-corrected chi connectivity index (χ0v) is 12.8. The maximum Gasteiger partial charge on any atom is 0.346 e. The Hall–Kier alpha value is -3.28. The summed E-state index contributed by atoms with van der Waals surface area (Å²) in [4.78, 5) is 42.1. The minimum atomic E-state index is -0.532. The normalized spacial score (nSPS) is 13.6. The molecule has 0 saturated carbocycles. The van der Waals surface area contributed by atoms with Crippen molar-refractivity contribution in [1.82, 2.24) is 9.88 Å². The van der Waals surface area contributed by atoms with Crippen molar-refractivity contribution < 1.29 is 14.0 Å². The van der Waals surface area contributed by atoms with Crippen LogP contribution >= 0.6 is 0 Å². The molecule has 2 aromatic carbocycles. The van der Waals surface area contributed by atoms with Crippen LogP contribution in [0.25, 0.3) is 10.9 Å². The molecule has 2 amide bonds. The number of amides is 2. The molecule has 0 bridgehead atoms. The molecule has 24 heavy (non-hydrogen) atoms. The van der Waals surface area contributed by atoms with Crippen molar-refractivity contribution in [1.29, 1.82) is 0 Å². The summed E-state index contributed by atoms with van der Waals surface area (Å²) in [6.07, 6.45) is 0. The van der Waals surface area contributed by atoms with E-state index in [4.69, 9.17) is 4.42 Å². The molecule has 0 spiro atoms. The lowest BCUT2D eigenvalue weighted by Crippen LogP contribution is -2.30. The second-order valence-electron chi connectivity index (χ2n) is 5.66. The van der Waals surface area contributed by atoms with Gasteiger partial charge in [-0.25, -0.2) is 9.78 Å². The number of aromatic nitrogens is 1. The summed E-state index contributed by atoms with van der Waals surface area (Å²) in [5, 5.41) is 0.376. The second-order valence-corrected chi connectivity index (χ2v) is 5.66. The zero-order chi connectivity index (χ0) is 16.8. The predicted molar refractivity (Wildman–Crippen MR) is 85.7 cm³/mol. The molecule has 3 aromatic rings. The molecular formula is C18H12N2O4. The van der Waals surface area contributed by atoms with Crippen molar-refractivity contribution in [3.63, 3.8) is 0 Å². The minimum Gasteiger partial charge on any atom is -0.406 e. The fraction of sp³-hybridized carbons (Fsp3) is 0.111. The van der Waals surface area contributed by atoms with Crippen molar-refractivity contribution in [2.24, 2.45) is 0 Å². The van der Waals surface area contributed by atoms with Crippen LogP contribution < -0.4 is 5.63 Å². The number of aryl methyl sites for hydroxylation is 1. The Kier molecular flexibility index (Phi) is 3.06. The molecule has 2 heterocycles. The molecule has 0 aliphatic carbocycles. The highest BCUT2D eigenvalue weighted by atomic mass is 16.4. The first-order valence-electron chi connectivity index (χ1n) is 7.40. The number of benzene rings is 2. The van der Waals surface area contributed by atoms with Crippen LogP contribution in [0.5, 0.6) is 0 Å². The van der Waals surface area contributed by atoms with Gasteiger partial charge in [-0.2, -0.15) is 0 Å². The van der Waals surface area contributed by atoms with E-state index in [9.17, 15) is 14.4 Å². The highest BCUT2D eigenvalue weighted by molar-refractivity contribution is 6.21. The summed E-state index contributed by atoms with van der Waals surface area (Å²) in [6, 6.07) is 11.8. The van der Waals surface area contributed by atoms with E-state index in [2.05, 4.69) is 4.98 Å². The first-order valence-corrected chi connectivity index (χ1v) is 7.40. The smallest absolute Gasteiger partial charge is 0.346 e. The van der Waals surface area contributed by atoms with E-state index in [1.807, 2.05) is 13.0 Å². The standard InChI is InChI=1S/C18H12N2O4/c1-10-6-7-14-13(8-10)18(23)24-15(19-14)9-20-16(21)11-4-2-3-5-12(11)17(20)22/h2-8H,9H2,1H3. The van der Waals surface area contributed by atoms with Gasteiger partial charge in [-0.3, -0.25) is 14.5 Å². The van der Waals surface area contributed by atoms with E-state index in [0.717, 1.165) is 10.5 Å². The van der Waals surface area contributed by atoms with Crippen LogP contribution in [0.4, 0.5) is 0 Å². The molecule has 118 valence electrons. The molecule has 0 radical (unpaired) electrons. The van der Waals surface area contributed by atoms with Crippen molar-refractivity contribution in [2.75, 3.05) is 0 Å². The molecule has 6 heteroatoms. The van der Waals surface area contributed by atoms with Crippen molar-refractivity contribution in [3.05, 3.63) is 75.5 Å². The molecule has 6 nitrogen and oxygen atoms in total. The van der Waals surface area contributed by atoms with E-state index in [0.29, 0.717) is 22.0 Å². The van der Waals surface area contributed by atoms with Crippen molar-refractivity contribution in [2.45, 2.75) is 13.5 Å². The molecule has 0 unspecified atom stereocenters. The molecule has 0 N–H and O–H groups in total. The Bertz CT molecular complexity index is 1030. The summed E-state index contributed by atoms with van der Waals surface area (Å²) in [5.41, 5.74) is 1.56. The van der Waals surface area contributed by atoms with E-state index in [1.165, 1.54) is 0 Å². The van der Waals surface area contributed by atoms with Gasteiger partial charge in [-0.05, 0) is 31.2 Å². The van der Waals surface area contributed by atoms with Gasteiger partial charge in [0.15, 0.2) is 0 Å². The van der Waals surface area contributed by atoms with Crippen LogP contribution in [-0.2, 0) is 6.54 Å². The third kappa shape index (κ3) is 2.11. The molecule has 1 aliphatic rings. The lowest BCUT2D eigenvalue weighted by atomic mass is 10.1. The number of hydrogen-bond donors (Lipinski definition) is 0. The molecule has 0 atom stereocenters. The van der Waals surface area contributed by atoms with Crippen LogP contribution in [0.1, 0.15) is 32.2 Å². The fourth-order valence-corrected chi connectivity index (χ4v) is 2.82. The molecule has 1 aliphatic heterocycles. The lowest BCUT2D eigenvalue weighted by molar-refractivity contribution is 0.0626. The van der Waals surface area contributed by atoms with E-state index < -0.39 is 17.4 Å². The van der Waals surface area contributed by atoms with E-state index in [-0.39, 0.29) is 12.4 Å². The Balaban J connectivity index is 1.73. The molecule has 1 aromatic heterocycles. The highest BCUT2D eigenvalue weighted by Gasteiger charge is 2.35. The summed E-state index contributed by atoms with van der Waals surface area (Å²) in [7, 11) is 0. The monoisotopic (exact) mass is 320 g/mol. The number of hydrogen-bond acceptors (Lipinski definition) is 5. The van der Waals surface area contributed by atoms with Gasteiger partial charge in [-0.15, -0.1) is 0 Å². The molecule has 0 saturated heterocycles. The molecule has 0 fully saturated rings. The maximum atomic E-state index is 12.4. The van der Waals surface area contributed by atoms with Crippen LogP contribution in [-0.4, -0.2) is 21.7 Å². The van der Waals surface area contributed by atoms with Crippen LogP contribution in [0.15, 0.2) is 51.7 Å². The Morgan fingerprint density at radius 1 is 1.00 bits per heavy atom. The second kappa shape index (κ2) is 5.13. The van der Waals surface area contributed by atoms with E-state index in [1.54, 1.807) is 36.4 Å². The highest BCUT2D eigenvalue weighted by Crippen LogP contribution is 2.24. The number of nitrogens with zero attached hydrogens (tertiary/aromatic N) is 2. The van der Waals surface area contributed by atoms with Gasteiger partial charge >= 0.3 is 5.63 Å². The summed E-state index contributed by atoms with van der Waals surface area (Å²) in [6.45, 7) is 1.69. The van der Waals surface area contributed by atoms with Gasteiger partial charge in [0.2, 0.25) is 5.89 Å². The Morgan fingerprint density at radius 3 is 2.33 bits per heavy atom. The average molecular weight is 320 g/mol. The lowest BCUT2D eigenvalue weighted by Gasteiger charge is -2.12. The van der Waals surface area contributed by atoms with Gasteiger partial charge < -0.3 is 4.42 Å². The van der Waals surface area contributed by atoms with Crippen LogP contribution in [0.3, 0.4) is 0 Å². The third-order valence-corrected chi connectivity index (χ3v) is 4.00. The van der Waals surface area contributed by atoms with Crippen molar-refractivity contribution in [3.8, 4) is 0 Å². The van der Waals surface area contributed by atoms with Gasteiger partial charge in [-0.1, -0.05) is 23.8 Å². The van der Waals surface area contributed by atoms with Gasteiger partial charge in [0.05, 0.1) is 22.0 Å². The summed E-state index contributed by atoms with van der Waals surface area (Å²) >= 11 is 0. The number of fused-ring (bicyclic) bond motifs is 2. The van der Waals surface area contributed by atoms with Gasteiger partial charge in [0.1, 0.15) is 6.54 Å². The largest absolute Gasteiger partial charge is 0.406 e. The minimum absolute atomic E-state index is 0.0332. The maximum absolute atomic E-state index is 12.4. The van der Waals surface area contributed by atoms with Crippen LogP contribution in [0, 0.1) is 6.92 Å². The number of imide groups is 1. The van der Waals surface area contributed by atoms with E-state index >= 15 is 0 Å². The zero-order valence-electron chi connectivity index (χ0n) is 12.8. The van der Waals surface area contributed by atoms with Gasteiger partial charge in [0, 0.05) is 0 Å². The predicted octanol–water partition coefficient (Wildman–Crippen LogP) is 2.29. The molecular weight excluding hydrogens is 308 g/mol. The average Bonchev–Trinajstić information content (AvgIpc) is 2.81. The van der Waals surface area contributed by atoms with Crippen LogP contribution in [0.2, 0.25) is 0 Å². The number of rotatable bonds is 2. The summed E-state index contributed by atoms with van der Waals surface area (Å²) in [5.74, 6) is -0.793. The fourth-order valence-electron chi connectivity index (χ4n) is 2.82. The third-order valence-electron chi connectivity index (χ3n) is 4.00. The SMILES string of the molecule is Cc1ccc2nc(CN3C(=O)c4ccccc4C3=O)oc(=O)c2c1. The summed E-state index contributed by atoms with van der Waals surface area (Å²) < 4.78 is 5.19. The number of carbonyl (C=O) groups excluding carboxylic acids is 2. The van der Waals surface area contributed by atoms with Crippen molar-refractivity contribution >= 4 is 22.7 Å². The first kappa shape index (κ1) is 14.3. The Morgan fingerprint density at radius 2 is 1.67 bits per heavy atom. The first-order chi connectivity index (χ1) is 11.5.